The molecule has 0 aliphatic rings. The fraction of sp³-hybridized carbons (Fsp3) is 0.235. The average molecular weight is 294 g/mol. The zero-order valence-corrected chi connectivity index (χ0v) is 13.2. The summed E-state index contributed by atoms with van der Waals surface area (Å²) in [5, 5.41) is 9.17. The molecule has 0 radical (unpaired) electrons. The largest absolute Gasteiger partial charge is 0.383 e. The minimum absolute atomic E-state index is 0.126. The normalized spacial score (nSPS) is 10.7. The van der Waals surface area contributed by atoms with E-state index in [-0.39, 0.29) is 11.1 Å². The first kappa shape index (κ1) is 15.5. The van der Waals surface area contributed by atoms with Crippen LogP contribution in [-0.4, -0.2) is 28.5 Å². The SMILES string of the molecule is Cc1cncc(-c2cc(C#N)c(=O)n(C)c2/C=C/N(C)C)c1. The second kappa shape index (κ2) is 6.27. The summed E-state index contributed by atoms with van der Waals surface area (Å²) in [5.41, 5.74) is 3.28. The molecule has 0 N–H and O–H groups in total. The molecule has 0 saturated carbocycles. The Balaban J connectivity index is 2.78. The van der Waals surface area contributed by atoms with Crippen LogP contribution in [0, 0.1) is 18.3 Å². The monoisotopic (exact) mass is 294 g/mol. The molecular weight excluding hydrogens is 276 g/mol. The molecule has 0 spiro atoms. The van der Waals surface area contributed by atoms with Crippen LogP contribution in [0.2, 0.25) is 0 Å². The standard InChI is InChI=1S/C17H18N4O/c1-12-7-14(11-19-10-12)15-8-13(9-18)17(22)21(4)16(15)5-6-20(2)3/h5-8,10-11H,1-4H3/b6-5+. The van der Waals surface area contributed by atoms with E-state index in [2.05, 4.69) is 4.98 Å². The molecule has 0 fully saturated rings. The second-order valence-electron chi connectivity index (χ2n) is 5.36. The first-order valence-electron chi connectivity index (χ1n) is 6.85. The fourth-order valence-electron chi connectivity index (χ4n) is 2.19. The smallest absolute Gasteiger partial charge is 0.268 e. The third kappa shape index (κ3) is 3.07. The topological polar surface area (TPSA) is 61.9 Å². The highest BCUT2D eigenvalue weighted by atomic mass is 16.1. The van der Waals surface area contributed by atoms with E-state index in [0.29, 0.717) is 0 Å². The van der Waals surface area contributed by atoms with Crippen molar-refractivity contribution >= 4 is 6.08 Å². The van der Waals surface area contributed by atoms with Crippen LogP contribution < -0.4 is 5.56 Å². The lowest BCUT2D eigenvalue weighted by molar-refractivity contribution is 0.567. The Bertz CT molecular complexity index is 826. The molecule has 0 bridgehead atoms. The maximum absolute atomic E-state index is 12.2. The van der Waals surface area contributed by atoms with Gasteiger partial charge in [-0.25, -0.2) is 0 Å². The van der Waals surface area contributed by atoms with Crippen molar-refractivity contribution in [1.82, 2.24) is 14.5 Å². The van der Waals surface area contributed by atoms with Crippen LogP contribution in [0.5, 0.6) is 0 Å². The molecule has 2 aromatic rings. The van der Waals surface area contributed by atoms with E-state index in [0.717, 1.165) is 22.4 Å². The zero-order chi connectivity index (χ0) is 16.3. The summed E-state index contributed by atoms with van der Waals surface area (Å²) >= 11 is 0. The van der Waals surface area contributed by atoms with Crippen LogP contribution in [-0.2, 0) is 7.05 Å². The zero-order valence-electron chi connectivity index (χ0n) is 13.2. The Hall–Kier alpha value is -2.87. The summed E-state index contributed by atoms with van der Waals surface area (Å²) in [7, 11) is 5.49. The van der Waals surface area contributed by atoms with E-state index in [9.17, 15) is 10.1 Å². The summed E-state index contributed by atoms with van der Waals surface area (Å²) in [4.78, 5) is 18.3. The van der Waals surface area contributed by atoms with E-state index in [1.807, 2.05) is 50.3 Å². The molecule has 2 aromatic heterocycles. The Kier molecular flexibility index (Phi) is 4.42. The first-order chi connectivity index (χ1) is 10.4. The van der Waals surface area contributed by atoms with Crippen LogP contribution in [0.1, 0.15) is 16.8 Å². The summed E-state index contributed by atoms with van der Waals surface area (Å²) < 4.78 is 1.50. The Morgan fingerprint density at radius 2 is 2.05 bits per heavy atom. The molecule has 0 aliphatic heterocycles. The van der Waals surface area contributed by atoms with E-state index in [1.54, 1.807) is 25.5 Å². The van der Waals surface area contributed by atoms with Gasteiger partial charge in [-0.05, 0) is 30.7 Å². The van der Waals surface area contributed by atoms with Crippen molar-refractivity contribution in [3.63, 3.8) is 0 Å². The number of pyridine rings is 2. The van der Waals surface area contributed by atoms with Crippen LogP contribution in [0.3, 0.4) is 0 Å². The quantitative estimate of drug-likeness (QED) is 0.870. The Morgan fingerprint density at radius 3 is 2.64 bits per heavy atom. The number of nitriles is 1. The van der Waals surface area contributed by atoms with Gasteiger partial charge in [-0.1, -0.05) is 0 Å². The van der Waals surface area contributed by atoms with Gasteiger partial charge >= 0.3 is 0 Å². The number of hydrogen-bond acceptors (Lipinski definition) is 4. The molecule has 0 atom stereocenters. The lowest BCUT2D eigenvalue weighted by Crippen LogP contribution is -2.22. The highest BCUT2D eigenvalue weighted by Gasteiger charge is 2.12. The number of nitrogens with zero attached hydrogens (tertiary/aromatic N) is 4. The molecule has 0 aliphatic carbocycles. The number of aryl methyl sites for hydroxylation is 1. The van der Waals surface area contributed by atoms with E-state index in [4.69, 9.17) is 0 Å². The van der Waals surface area contributed by atoms with Crippen molar-refractivity contribution in [2.75, 3.05) is 14.1 Å². The molecule has 2 heterocycles. The fourth-order valence-corrected chi connectivity index (χ4v) is 2.19. The molecule has 5 heteroatoms. The molecule has 22 heavy (non-hydrogen) atoms. The first-order valence-corrected chi connectivity index (χ1v) is 6.85. The minimum Gasteiger partial charge on any atom is -0.383 e. The molecule has 5 nitrogen and oxygen atoms in total. The van der Waals surface area contributed by atoms with E-state index in [1.165, 1.54) is 4.57 Å². The molecule has 0 unspecified atom stereocenters. The van der Waals surface area contributed by atoms with Gasteiger partial charge < -0.3 is 9.47 Å². The highest BCUT2D eigenvalue weighted by molar-refractivity contribution is 5.74. The van der Waals surface area contributed by atoms with Gasteiger partial charge in [0.05, 0.1) is 5.69 Å². The molecular formula is C17H18N4O. The van der Waals surface area contributed by atoms with Crippen LogP contribution in [0.4, 0.5) is 0 Å². The number of hydrogen-bond donors (Lipinski definition) is 0. The van der Waals surface area contributed by atoms with Crippen molar-refractivity contribution in [2.45, 2.75) is 6.92 Å². The maximum atomic E-state index is 12.2. The summed E-state index contributed by atoms with van der Waals surface area (Å²) in [6, 6.07) is 5.58. The van der Waals surface area contributed by atoms with E-state index < -0.39 is 0 Å². The molecule has 0 aromatic carbocycles. The lowest BCUT2D eigenvalue weighted by atomic mass is 10.0. The van der Waals surface area contributed by atoms with Crippen LogP contribution in [0.15, 0.2) is 35.5 Å². The maximum Gasteiger partial charge on any atom is 0.268 e. The minimum atomic E-state index is -0.301. The lowest BCUT2D eigenvalue weighted by Gasteiger charge is -2.13. The summed E-state index contributed by atoms with van der Waals surface area (Å²) in [6.07, 6.45) is 7.24. The highest BCUT2D eigenvalue weighted by Crippen LogP contribution is 2.24. The predicted octanol–water partition coefficient (Wildman–Crippen LogP) is 2.16. The van der Waals surface area contributed by atoms with Crippen molar-refractivity contribution in [1.29, 1.82) is 5.26 Å². The van der Waals surface area contributed by atoms with Gasteiger partial charge in [0.1, 0.15) is 11.6 Å². The summed E-state index contributed by atoms with van der Waals surface area (Å²) in [6.45, 7) is 1.96. The van der Waals surface area contributed by atoms with Crippen molar-refractivity contribution in [3.8, 4) is 17.2 Å². The third-order valence-corrected chi connectivity index (χ3v) is 3.30. The van der Waals surface area contributed by atoms with Crippen molar-refractivity contribution in [2.24, 2.45) is 7.05 Å². The van der Waals surface area contributed by atoms with Gasteiger partial charge in [-0.2, -0.15) is 5.26 Å². The predicted molar refractivity (Wildman–Crippen MR) is 87.1 cm³/mol. The Labute approximate surface area is 129 Å². The van der Waals surface area contributed by atoms with Crippen LogP contribution in [0.25, 0.3) is 17.2 Å². The second-order valence-corrected chi connectivity index (χ2v) is 5.36. The molecule has 0 amide bonds. The average Bonchev–Trinajstić information content (AvgIpc) is 2.48. The van der Waals surface area contributed by atoms with Gasteiger partial charge in [0, 0.05) is 50.9 Å². The molecule has 0 saturated heterocycles. The number of aromatic nitrogens is 2. The number of rotatable bonds is 3. The molecule has 112 valence electrons. The summed E-state index contributed by atoms with van der Waals surface area (Å²) in [5.74, 6) is 0. The van der Waals surface area contributed by atoms with Gasteiger partial charge in [0.25, 0.3) is 5.56 Å². The molecule has 2 rings (SSSR count). The van der Waals surface area contributed by atoms with Gasteiger partial charge in [0.15, 0.2) is 0 Å². The van der Waals surface area contributed by atoms with Gasteiger partial charge in [0.2, 0.25) is 0 Å². The van der Waals surface area contributed by atoms with Crippen molar-refractivity contribution in [3.05, 3.63) is 57.9 Å². The third-order valence-electron chi connectivity index (χ3n) is 3.30. The van der Waals surface area contributed by atoms with Gasteiger partial charge in [-0.3, -0.25) is 9.78 Å². The van der Waals surface area contributed by atoms with Gasteiger partial charge in [-0.15, -0.1) is 0 Å². The van der Waals surface area contributed by atoms with Crippen molar-refractivity contribution < 1.29 is 0 Å². The van der Waals surface area contributed by atoms with E-state index >= 15 is 0 Å². The Morgan fingerprint density at radius 1 is 1.32 bits per heavy atom. The van der Waals surface area contributed by atoms with Crippen LogP contribution >= 0.6 is 0 Å².